The van der Waals surface area contributed by atoms with Crippen LogP contribution in [0.5, 0.6) is 0 Å². The van der Waals surface area contributed by atoms with E-state index >= 15 is 0 Å². The van der Waals surface area contributed by atoms with E-state index in [1.165, 1.54) is 7.05 Å². The number of carbonyl (C=O) groups excluding carboxylic acids is 3. The number of hydrogen-bond donors (Lipinski definition) is 2. The van der Waals surface area contributed by atoms with E-state index in [4.69, 9.17) is 0 Å². The summed E-state index contributed by atoms with van der Waals surface area (Å²) in [7, 11) is 1.47. The van der Waals surface area contributed by atoms with Crippen LogP contribution in [0.3, 0.4) is 0 Å². The van der Waals surface area contributed by atoms with Crippen molar-refractivity contribution in [3.63, 3.8) is 0 Å². The van der Waals surface area contributed by atoms with Gasteiger partial charge in [0.2, 0.25) is 5.91 Å². The first-order valence-corrected chi connectivity index (χ1v) is 8.01. The van der Waals surface area contributed by atoms with E-state index < -0.39 is 23.4 Å². The maximum Gasteiger partial charge on any atom is 0.325 e. The second-order valence-electron chi connectivity index (χ2n) is 5.93. The van der Waals surface area contributed by atoms with Crippen molar-refractivity contribution >= 4 is 17.8 Å². The van der Waals surface area contributed by atoms with Crippen molar-refractivity contribution in [1.82, 2.24) is 15.5 Å². The number of amides is 4. The monoisotopic (exact) mass is 337 g/mol. The summed E-state index contributed by atoms with van der Waals surface area (Å²) in [5.74, 6) is -0.816. The van der Waals surface area contributed by atoms with Crippen molar-refractivity contribution < 1.29 is 14.4 Å². The minimum Gasteiger partial charge on any atom is -0.358 e. The number of benzene rings is 2. The van der Waals surface area contributed by atoms with E-state index in [-0.39, 0.29) is 6.54 Å². The molecular formula is C19H19N3O3. The van der Waals surface area contributed by atoms with E-state index in [0.717, 1.165) is 10.5 Å². The lowest BCUT2D eigenvalue weighted by molar-refractivity contribution is -0.135. The fraction of sp³-hybridized carbons (Fsp3) is 0.211. The predicted octanol–water partition coefficient (Wildman–Crippen LogP) is 1.42. The molecule has 2 aromatic rings. The molecule has 1 saturated heterocycles. The van der Waals surface area contributed by atoms with Crippen LogP contribution in [0.25, 0.3) is 0 Å². The summed E-state index contributed by atoms with van der Waals surface area (Å²) < 4.78 is 0. The zero-order chi connectivity index (χ0) is 17.9. The third kappa shape index (κ3) is 3.10. The van der Waals surface area contributed by atoms with Crippen molar-refractivity contribution in [2.24, 2.45) is 0 Å². The van der Waals surface area contributed by atoms with Crippen LogP contribution < -0.4 is 10.6 Å². The van der Waals surface area contributed by atoms with Crippen LogP contribution in [0, 0.1) is 0 Å². The highest BCUT2D eigenvalue weighted by Gasteiger charge is 2.52. The zero-order valence-electron chi connectivity index (χ0n) is 13.9. The predicted molar refractivity (Wildman–Crippen MR) is 92.6 cm³/mol. The van der Waals surface area contributed by atoms with Crippen LogP contribution in [0.4, 0.5) is 4.79 Å². The van der Waals surface area contributed by atoms with Crippen molar-refractivity contribution in [1.29, 1.82) is 0 Å². The lowest BCUT2D eigenvalue weighted by Gasteiger charge is -2.27. The van der Waals surface area contributed by atoms with Gasteiger partial charge in [0.15, 0.2) is 5.54 Å². The van der Waals surface area contributed by atoms with Gasteiger partial charge in [-0.3, -0.25) is 14.5 Å². The number of urea groups is 1. The third-order valence-corrected chi connectivity index (χ3v) is 4.33. The topological polar surface area (TPSA) is 78.5 Å². The van der Waals surface area contributed by atoms with E-state index in [1.807, 2.05) is 60.7 Å². The number of hydrogen-bond acceptors (Lipinski definition) is 3. The van der Waals surface area contributed by atoms with E-state index in [9.17, 15) is 14.4 Å². The Labute approximate surface area is 145 Å². The highest BCUT2D eigenvalue weighted by molar-refractivity contribution is 6.09. The first-order chi connectivity index (χ1) is 12.1. The standard InChI is InChI=1S/C19H19N3O3/c1-20-16(23)13-22-17(24)19(21-18(22)25,15-10-6-3-7-11-15)12-14-8-4-2-5-9-14/h2-11H,12-13H2,1H3,(H,20,23)(H,21,25). The quantitative estimate of drug-likeness (QED) is 0.810. The van der Waals surface area contributed by atoms with Crippen molar-refractivity contribution in [3.05, 3.63) is 71.8 Å². The zero-order valence-corrected chi connectivity index (χ0v) is 13.9. The van der Waals surface area contributed by atoms with Gasteiger partial charge in [0.1, 0.15) is 6.54 Å². The number of rotatable bonds is 5. The summed E-state index contributed by atoms with van der Waals surface area (Å²) in [6.45, 7) is -0.301. The second-order valence-corrected chi connectivity index (χ2v) is 5.93. The van der Waals surface area contributed by atoms with Crippen LogP contribution in [-0.2, 0) is 21.5 Å². The van der Waals surface area contributed by atoms with Gasteiger partial charge in [-0.2, -0.15) is 0 Å². The van der Waals surface area contributed by atoms with Crippen LogP contribution >= 0.6 is 0 Å². The maximum atomic E-state index is 13.2. The molecule has 0 bridgehead atoms. The molecule has 0 radical (unpaired) electrons. The molecule has 6 heteroatoms. The van der Waals surface area contributed by atoms with E-state index in [1.54, 1.807) is 0 Å². The highest BCUT2D eigenvalue weighted by Crippen LogP contribution is 2.32. The van der Waals surface area contributed by atoms with Gasteiger partial charge < -0.3 is 10.6 Å². The molecule has 1 fully saturated rings. The van der Waals surface area contributed by atoms with Gasteiger partial charge in [0.25, 0.3) is 5.91 Å². The average molecular weight is 337 g/mol. The molecule has 0 saturated carbocycles. The summed E-state index contributed by atoms with van der Waals surface area (Å²) >= 11 is 0. The van der Waals surface area contributed by atoms with E-state index in [0.29, 0.717) is 12.0 Å². The van der Waals surface area contributed by atoms with Crippen molar-refractivity contribution in [3.8, 4) is 0 Å². The molecule has 1 heterocycles. The molecule has 1 unspecified atom stereocenters. The fourth-order valence-corrected chi connectivity index (χ4v) is 3.03. The maximum absolute atomic E-state index is 13.2. The Bertz CT molecular complexity index is 792. The third-order valence-electron chi connectivity index (χ3n) is 4.33. The first-order valence-electron chi connectivity index (χ1n) is 8.01. The number of nitrogens with zero attached hydrogens (tertiary/aromatic N) is 1. The Morgan fingerprint density at radius 1 is 1.04 bits per heavy atom. The molecule has 6 nitrogen and oxygen atoms in total. The van der Waals surface area contributed by atoms with Gasteiger partial charge >= 0.3 is 6.03 Å². The van der Waals surface area contributed by atoms with Crippen LogP contribution in [-0.4, -0.2) is 36.3 Å². The number of imide groups is 1. The van der Waals surface area contributed by atoms with Gasteiger partial charge in [-0.15, -0.1) is 0 Å². The molecule has 4 amide bonds. The lowest BCUT2D eigenvalue weighted by atomic mass is 9.83. The Morgan fingerprint density at radius 3 is 2.24 bits per heavy atom. The Kier molecular flexibility index (Phi) is 4.52. The van der Waals surface area contributed by atoms with Crippen molar-refractivity contribution in [2.45, 2.75) is 12.0 Å². The minimum atomic E-state index is -1.21. The normalized spacial score (nSPS) is 19.6. The highest BCUT2D eigenvalue weighted by atomic mass is 16.2. The molecule has 2 N–H and O–H groups in total. The summed E-state index contributed by atoms with van der Waals surface area (Å²) in [5, 5.41) is 5.26. The summed E-state index contributed by atoms with van der Waals surface area (Å²) in [6.07, 6.45) is 0.312. The molecule has 25 heavy (non-hydrogen) atoms. The van der Waals surface area contributed by atoms with Gasteiger partial charge in [0, 0.05) is 13.5 Å². The lowest BCUT2D eigenvalue weighted by Crippen LogP contribution is -2.46. The van der Waals surface area contributed by atoms with Crippen LogP contribution in [0.1, 0.15) is 11.1 Å². The molecule has 2 aromatic carbocycles. The molecule has 0 aromatic heterocycles. The molecule has 0 aliphatic carbocycles. The largest absolute Gasteiger partial charge is 0.358 e. The summed E-state index contributed by atoms with van der Waals surface area (Å²) in [4.78, 5) is 38.2. The van der Waals surface area contributed by atoms with E-state index in [2.05, 4.69) is 10.6 Å². The number of nitrogens with one attached hydrogen (secondary N) is 2. The SMILES string of the molecule is CNC(=O)CN1C(=O)NC(Cc2ccccc2)(c2ccccc2)C1=O. The molecule has 3 rings (SSSR count). The van der Waals surface area contributed by atoms with Crippen molar-refractivity contribution in [2.75, 3.05) is 13.6 Å². The van der Waals surface area contributed by atoms with Crippen LogP contribution in [0.15, 0.2) is 60.7 Å². The molecule has 128 valence electrons. The smallest absolute Gasteiger partial charge is 0.325 e. The fourth-order valence-electron chi connectivity index (χ4n) is 3.03. The van der Waals surface area contributed by atoms with Crippen LogP contribution in [0.2, 0.25) is 0 Å². The summed E-state index contributed by atoms with van der Waals surface area (Å²) in [5.41, 5.74) is 0.395. The molecule has 1 aliphatic rings. The van der Waals surface area contributed by atoms with Gasteiger partial charge in [-0.1, -0.05) is 60.7 Å². The number of carbonyl (C=O) groups is 3. The van der Waals surface area contributed by atoms with Gasteiger partial charge in [-0.25, -0.2) is 4.79 Å². The van der Waals surface area contributed by atoms with Gasteiger partial charge in [-0.05, 0) is 11.1 Å². The molecule has 1 atom stereocenters. The molecule has 1 aliphatic heterocycles. The van der Waals surface area contributed by atoms with Gasteiger partial charge in [0.05, 0.1) is 0 Å². The Balaban J connectivity index is 2.02. The molecular weight excluding hydrogens is 318 g/mol. The Morgan fingerprint density at radius 2 is 1.64 bits per heavy atom. The Hall–Kier alpha value is -3.15. The minimum absolute atomic E-state index is 0.301. The second kappa shape index (κ2) is 6.76. The molecule has 0 spiro atoms. The number of likely N-dealkylation sites (N-methyl/N-ethyl adjacent to an activating group) is 1. The summed E-state index contributed by atoms with van der Waals surface area (Å²) in [6, 6.07) is 18.0. The average Bonchev–Trinajstić information content (AvgIpc) is 2.88. The first kappa shape index (κ1) is 16.7.